The van der Waals surface area contributed by atoms with Crippen molar-refractivity contribution in [3.05, 3.63) is 54.1 Å². The third-order valence-electron chi connectivity index (χ3n) is 4.60. The molecule has 3 heterocycles. The van der Waals surface area contributed by atoms with Gasteiger partial charge in [0.1, 0.15) is 11.8 Å². The Hall–Kier alpha value is -3.56. The Bertz CT molecular complexity index is 1060. The number of halogens is 2. The predicted molar refractivity (Wildman–Crippen MR) is 106 cm³/mol. The summed E-state index contributed by atoms with van der Waals surface area (Å²) in [5.41, 5.74) is 3.09. The first-order valence-corrected chi connectivity index (χ1v) is 9.43. The van der Waals surface area contributed by atoms with Crippen molar-refractivity contribution in [1.82, 2.24) is 25.1 Å². The van der Waals surface area contributed by atoms with E-state index in [2.05, 4.69) is 25.7 Å². The van der Waals surface area contributed by atoms with Crippen molar-refractivity contribution in [2.45, 2.75) is 32.4 Å². The van der Waals surface area contributed by atoms with Gasteiger partial charge in [-0.25, -0.2) is 23.5 Å². The first-order valence-electron chi connectivity index (χ1n) is 9.43. The van der Waals surface area contributed by atoms with Gasteiger partial charge in [0.25, 0.3) is 6.43 Å². The number of ether oxygens (including phenoxy) is 1. The molecule has 2 N–H and O–H groups in total. The van der Waals surface area contributed by atoms with Crippen molar-refractivity contribution < 1.29 is 18.3 Å². The SMILES string of the molecule is Cc1cc(Nc2nccc(C(F)F)n2)cc(-c2cnn(C[C@@H]3CCNC(=O)O3)c2)c1. The number of hydrogen-bond acceptors (Lipinski definition) is 6. The van der Waals surface area contributed by atoms with Crippen molar-refractivity contribution in [2.75, 3.05) is 11.9 Å². The van der Waals surface area contributed by atoms with Gasteiger partial charge >= 0.3 is 6.09 Å². The number of hydrogen-bond donors (Lipinski definition) is 2. The molecule has 1 aliphatic rings. The topological polar surface area (TPSA) is 94.0 Å². The summed E-state index contributed by atoms with van der Waals surface area (Å²) < 4.78 is 32.7. The molecule has 30 heavy (non-hydrogen) atoms. The van der Waals surface area contributed by atoms with Crippen molar-refractivity contribution in [3.63, 3.8) is 0 Å². The molecule has 1 saturated heterocycles. The largest absolute Gasteiger partial charge is 0.444 e. The molecule has 1 fully saturated rings. The number of carbonyl (C=O) groups is 1. The summed E-state index contributed by atoms with van der Waals surface area (Å²) in [6, 6.07) is 6.93. The Balaban J connectivity index is 1.51. The number of alkyl carbamates (subject to hydrolysis) is 1. The fourth-order valence-electron chi connectivity index (χ4n) is 3.24. The van der Waals surface area contributed by atoms with Crippen LogP contribution in [0.15, 0.2) is 42.9 Å². The number of nitrogens with one attached hydrogen (secondary N) is 2. The van der Waals surface area contributed by atoms with Gasteiger partial charge in [-0.2, -0.15) is 5.10 Å². The lowest BCUT2D eigenvalue weighted by Gasteiger charge is -2.22. The molecule has 4 rings (SSSR count). The van der Waals surface area contributed by atoms with E-state index < -0.39 is 12.5 Å². The van der Waals surface area contributed by atoms with E-state index in [0.717, 1.165) is 23.1 Å². The smallest absolute Gasteiger partial charge is 0.407 e. The van der Waals surface area contributed by atoms with Crippen LogP contribution in [0.4, 0.5) is 25.2 Å². The molecule has 0 bridgehead atoms. The van der Waals surface area contributed by atoms with Gasteiger partial charge in [0, 0.05) is 36.6 Å². The lowest BCUT2D eigenvalue weighted by Crippen LogP contribution is -2.39. The molecule has 2 aromatic heterocycles. The monoisotopic (exact) mass is 414 g/mol. The van der Waals surface area contributed by atoms with Crippen LogP contribution in [0.1, 0.15) is 24.1 Å². The normalized spacial score (nSPS) is 16.3. The van der Waals surface area contributed by atoms with Gasteiger partial charge in [0.15, 0.2) is 0 Å². The van der Waals surface area contributed by atoms with Gasteiger partial charge in [-0.05, 0) is 36.2 Å². The lowest BCUT2D eigenvalue weighted by molar-refractivity contribution is 0.0623. The van der Waals surface area contributed by atoms with E-state index in [4.69, 9.17) is 4.74 Å². The maximum absolute atomic E-state index is 12.9. The highest BCUT2D eigenvalue weighted by Gasteiger charge is 2.20. The quantitative estimate of drug-likeness (QED) is 0.637. The number of nitrogens with zero attached hydrogens (tertiary/aromatic N) is 4. The second-order valence-electron chi connectivity index (χ2n) is 7.01. The number of anilines is 2. The molecule has 1 amide bonds. The minimum Gasteiger partial charge on any atom is -0.444 e. The molecule has 3 aromatic rings. The number of alkyl halides is 2. The Kier molecular flexibility index (Phi) is 5.55. The van der Waals surface area contributed by atoms with Crippen LogP contribution in [0.3, 0.4) is 0 Å². The lowest BCUT2D eigenvalue weighted by atomic mass is 10.1. The standard InChI is InChI=1S/C20H20F2N6O2/c1-12-6-13(8-15(7-12)26-19-23-5-3-17(27-19)18(21)22)14-9-25-28(10-14)11-16-2-4-24-20(29)30-16/h3,5-10,16,18H,2,4,11H2,1H3,(H,24,29)(H,23,26,27)/t16-/m0/s1. The fraction of sp³-hybridized carbons (Fsp3) is 0.300. The number of cyclic esters (lactones) is 1. The molecule has 0 radical (unpaired) electrons. The van der Waals surface area contributed by atoms with Crippen molar-refractivity contribution in [1.29, 1.82) is 0 Å². The first-order chi connectivity index (χ1) is 14.5. The van der Waals surface area contributed by atoms with Crippen molar-refractivity contribution >= 4 is 17.7 Å². The van der Waals surface area contributed by atoms with Gasteiger partial charge in [-0.3, -0.25) is 4.68 Å². The molecule has 156 valence electrons. The number of amides is 1. The Morgan fingerprint density at radius 2 is 2.20 bits per heavy atom. The van der Waals surface area contributed by atoms with E-state index in [1.54, 1.807) is 10.9 Å². The third kappa shape index (κ3) is 4.70. The number of carbonyl (C=O) groups excluding carboxylic acids is 1. The molecular formula is C20H20F2N6O2. The van der Waals surface area contributed by atoms with Crippen LogP contribution < -0.4 is 10.6 Å². The van der Waals surface area contributed by atoms with E-state index in [0.29, 0.717) is 18.8 Å². The van der Waals surface area contributed by atoms with Crippen LogP contribution in [0.5, 0.6) is 0 Å². The van der Waals surface area contributed by atoms with E-state index in [1.165, 1.54) is 12.3 Å². The van der Waals surface area contributed by atoms with Crippen LogP contribution >= 0.6 is 0 Å². The predicted octanol–water partition coefficient (Wildman–Crippen LogP) is 3.83. The molecule has 0 spiro atoms. The molecule has 8 nitrogen and oxygen atoms in total. The molecule has 0 aliphatic carbocycles. The number of benzene rings is 1. The summed E-state index contributed by atoms with van der Waals surface area (Å²) in [5, 5.41) is 9.96. The second-order valence-corrected chi connectivity index (χ2v) is 7.01. The summed E-state index contributed by atoms with van der Waals surface area (Å²) in [4.78, 5) is 19.2. The minimum absolute atomic E-state index is 0.104. The number of aromatic nitrogens is 4. The highest BCUT2D eigenvalue weighted by atomic mass is 19.3. The Morgan fingerprint density at radius 1 is 1.33 bits per heavy atom. The Labute approximate surface area is 171 Å². The summed E-state index contributed by atoms with van der Waals surface area (Å²) in [6.45, 7) is 2.99. The summed E-state index contributed by atoms with van der Waals surface area (Å²) in [6.07, 6.45) is 2.33. The zero-order valence-electron chi connectivity index (χ0n) is 16.2. The molecule has 0 saturated carbocycles. The van der Waals surface area contributed by atoms with Gasteiger partial charge in [-0.15, -0.1) is 0 Å². The van der Waals surface area contributed by atoms with E-state index in [-0.39, 0.29) is 17.7 Å². The highest BCUT2D eigenvalue weighted by Crippen LogP contribution is 2.26. The van der Waals surface area contributed by atoms with E-state index in [9.17, 15) is 13.6 Å². The van der Waals surface area contributed by atoms with Crippen molar-refractivity contribution in [2.24, 2.45) is 0 Å². The molecule has 0 unspecified atom stereocenters. The van der Waals surface area contributed by atoms with E-state index in [1.807, 2.05) is 31.3 Å². The molecular weight excluding hydrogens is 394 g/mol. The summed E-state index contributed by atoms with van der Waals surface area (Å²) in [5.74, 6) is 0.104. The first kappa shape index (κ1) is 19.7. The minimum atomic E-state index is -2.66. The maximum atomic E-state index is 12.9. The summed E-state index contributed by atoms with van der Waals surface area (Å²) >= 11 is 0. The zero-order chi connectivity index (χ0) is 21.1. The second kappa shape index (κ2) is 8.44. The molecule has 10 heteroatoms. The van der Waals surface area contributed by atoms with Crippen LogP contribution in [0, 0.1) is 6.92 Å². The number of rotatable bonds is 6. The highest BCUT2D eigenvalue weighted by molar-refractivity contribution is 5.70. The third-order valence-corrected chi connectivity index (χ3v) is 4.60. The molecule has 1 atom stereocenters. The van der Waals surface area contributed by atoms with Crippen LogP contribution in [-0.2, 0) is 11.3 Å². The van der Waals surface area contributed by atoms with E-state index >= 15 is 0 Å². The zero-order valence-corrected chi connectivity index (χ0v) is 16.2. The molecule has 1 aromatic carbocycles. The van der Waals surface area contributed by atoms with Gasteiger partial charge < -0.3 is 15.4 Å². The average molecular weight is 414 g/mol. The van der Waals surface area contributed by atoms with Gasteiger partial charge in [0.05, 0.1) is 12.7 Å². The van der Waals surface area contributed by atoms with Crippen LogP contribution in [0.2, 0.25) is 0 Å². The summed E-state index contributed by atoms with van der Waals surface area (Å²) in [7, 11) is 0. The number of aryl methyl sites for hydroxylation is 1. The van der Waals surface area contributed by atoms with Gasteiger partial charge in [0.2, 0.25) is 5.95 Å². The molecule has 1 aliphatic heterocycles. The maximum Gasteiger partial charge on any atom is 0.407 e. The average Bonchev–Trinajstić information content (AvgIpc) is 3.16. The van der Waals surface area contributed by atoms with Crippen LogP contribution in [-0.4, -0.2) is 38.5 Å². The van der Waals surface area contributed by atoms with Gasteiger partial charge in [-0.1, -0.05) is 6.07 Å². The van der Waals surface area contributed by atoms with Crippen LogP contribution in [0.25, 0.3) is 11.1 Å². The Morgan fingerprint density at radius 3 is 3.00 bits per heavy atom. The fourth-order valence-corrected chi connectivity index (χ4v) is 3.24. The van der Waals surface area contributed by atoms with Crippen molar-refractivity contribution in [3.8, 4) is 11.1 Å².